The van der Waals surface area contributed by atoms with Crippen molar-refractivity contribution in [1.82, 2.24) is 30.9 Å². The number of nitrogens with two attached hydrogens (primary N) is 2. The predicted octanol–water partition coefficient (Wildman–Crippen LogP) is 0.584. The third kappa shape index (κ3) is 19.5. The first kappa shape index (κ1) is 80.0. The van der Waals surface area contributed by atoms with E-state index in [0.29, 0.717) is 29.5 Å². The van der Waals surface area contributed by atoms with Gasteiger partial charge >= 0.3 is 25.9 Å². The van der Waals surface area contributed by atoms with Crippen molar-refractivity contribution >= 4 is 49.5 Å². The Morgan fingerprint density at radius 2 is 1.28 bits per heavy atom. The summed E-state index contributed by atoms with van der Waals surface area (Å²) < 4.78 is 77.1. The van der Waals surface area contributed by atoms with Gasteiger partial charge in [-0.05, 0) is 42.8 Å². The van der Waals surface area contributed by atoms with E-state index >= 15 is 0 Å². The number of phenolic OH excluding ortho intramolecular Hbond substituents is 2. The second kappa shape index (κ2) is 36.3. The molecule has 5 amide bonds. The number of nitrogens with zero attached hydrogens (tertiary/aromatic N) is 3. The lowest BCUT2D eigenvalue weighted by atomic mass is 9.77. The van der Waals surface area contributed by atoms with Gasteiger partial charge in [-0.25, -0.2) is 23.6 Å². The summed E-state index contributed by atoms with van der Waals surface area (Å²) in [5.41, 5.74) is 10.5. The smallest absolute Gasteiger partial charge is 0.474 e. The highest BCUT2D eigenvalue weighted by Crippen LogP contribution is 2.57. The maximum Gasteiger partial charge on any atom is 0.474 e. The van der Waals surface area contributed by atoms with Crippen LogP contribution in [-0.2, 0) is 89.4 Å². The molecule has 1 unspecified atom stereocenters. The summed E-state index contributed by atoms with van der Waals surface area (Å²) in [6, 6.07) is 9.00. The fourth-order valence-electron chi connectivity index (χ4n) is 13.0. The highest BCUT2D eigenvalue weighted by atomic mass is 31.2. The number of benzene rings is 3. The number of carbonyl (C=O) groups excluding carboxylic acids is 6. The summed E-state index contributed by atoms with van der Waals surface area (Å²) in [4.78, 5) is 102. The number of carbonyl (C=O) groups is 7. The van der Waals surface area contributed by atoms with Crippen molar-refractivity contribution in [1.29, 1.82) is 0 Å². The molecule has 6 heterocycles. The number of hydrogen-bond donors (Lipinski definition) is 15. The zero-order chi connectivity index (χ0) is 75.2. The second-order valence-corrected chi connectivity index (χ2v) is 27.1. The topological polar surface area (TPSA) is 559 Å². The monoisotopic (exact) mass is 1490 g/mol. The zero-order valence-corrected chi connectivity index (χ0v) is 57.7. The number of rotatable bonds is 37. The third-order valence-electron chi connectivity index (χ3n) is 18.1. The number of phosphoric acid groups is 1. The number of phenols is 2. The summed E-state index contributed by atoms with van der Waals surface area (Å²) in [5.74, 6) is -6.44. The Morgan fingerprint density at radius 1 is 0.702 bits per heavy atom. The molecule has 3 fully saturated rings. The Morgan fingerprint density at radius 3 is 1.86 bits per heavy atom. The van der Waals surface area contributed by atoms with Gasteiger partial charge in [0, 0.05) is 47.9 Å². The number of hydrogen-bond acceptors (Lipinski definition) is 29. The van der Waals surface area contributed by atoms with Crippen molar-refractivity contribution in [2.45, 2.75) is 221 Å². The summed E-state index contributed by atoms with van der Waals surface area (Å²) in [6.07, 6.45) is -14.9. The van der Waals surface area contributed by atoms with Gasteiger partial charge < -0.3 is 121 Å². The molecule has 17 N–H and O–H groups in total. The van der Waals surface area contributed by atoms with Gasteiger partial charge in [-0.3, -0.25) is 28.2 Å². The molecule has 17 atom stereocenters. The Kier molecular flexibility index (Phi) is 27.9. The summed E-state index contributed by atoms with van der Waals surface area (Å²) in [6.45, 7) is -1.15. The van der Waals surface area contributed by atoms with Crippen LogP contribution in [-0.4, -0.2) is 232 Å². The number of primary amides is 2. The SMILES string of the molecule is CCCCCCCCCCCCCCCCO[C@@H](COP(=O)(O)O[C@H]1O[C@H](C(N)=O)[C@@H](O)[C@H](OC(N)=O)[C@H]1O[C@@H]1O[C@H](CO)[C@@H](O[C@@H]2O[C@H](CO)[C@@H](O)[C@H](O)[C@H]2NC(=O)Cn2cc(CNC(=O)c3ccc4c(c3)C(=O)OC43c4ccc(O)cc4Oc4cc(O)ccc43)nn2)[C@H](O)[C@H]1NC(C)=O)C(=O)O. The van der Waals surface area contributed by atoms with Gasteiger partial charge in [0.25, 0.3) is 5.91 Å². The molecule has 5 aliphatic heterocycles. The maximum absolute atomic E-state index is 13.8. The molecule has 1 aromatic heterocycles. The first-order chi connectivity index (χ1) is 49.7. The quantitative estimate of drug-likeness (QED) is 0.0167. The molecule has 9 rings (SSSR count). The molecule has 0 radical (unpaired) electrons. The van der Waals surface area contributed by atoms with Crippen molar-refractivity contribution in [2.24, 2.45) is 11.5 Å². The molecule has 1 spiro atoms. The molecule has 0 saturated carbocycles. The van der Waals surface area contributed by atoms with Gasteiger partial charge in [-0.1, -0.05) is 102 Å². The number of aromatic nitrogens is 3. The van der Waals surface area contributed by atoms with E-state index in [4.69, 9.17) is 63.1 Å². The molecule has 104 heavy (non-hydrogen) atoms. The van der Waals surface area contributed by atoms with Crippen LogP contribution >= 0.6 is 7.82 Å². The molecule has 37 nitrogen and oxygen atoms in total. The first-order valence-electron chi connectivity index (χ1n) is 34.1. The molecule has 3 aromatic carbocycles. The molecule has 0 bridgehead atoms. The van der Waals surface area contributed by atoms with Gasteiger partial charge in [0.15, 0.2) is 48.9 Å². The van der Waals surface area contributed by atoms with Gasteiger partial charge in [-0.15, -0.1) is 5.10 Å². The van der Waals surface area contributed by atoms with E-state index in [1.165, 1.54) is 106 Å². The van der Waals surface area contributed by atoms with Crippen LogP contribution in [0.1, 0.15) is 147 Å². The number of aliphatic hydroxyl groups excluding tert-OH is 6. The second-order valence-electron chi connectivity index (χ2n) is 25.7. The molecule has 4 aromatic rings. The number of aromatic hydroxyl groups is 2. The predicted molar refractivity (Wildman–Crippen MR) is 351 cm³/mol. The van der Waals surface area contributed by atoms with E-state index in [1.54, 1.807) is 0 Å². The number of aliphatic hydroxyl groups is 6. The fraction of sp³-hybridized carbons (Fsp3) is 0.591. The maximum atomic E-state index is 13.8. The van der Waals surface area contributed by atoms with Crippen LogP contribution in [0.2, 0.25) is 0 Å². The van der Waals surface area contributed by atoms with Crippen LogP contribution < -0.4 is 32.2 Å². The fourth-order valence-corrected chi connectivity index (χ4v) is 13.8. The molecule has 5 aliphatic rings. The van der Waals surface area contributed by atoms with Gasteiger partial charge in [0.1, 0.15) is 90.0 Å². The summed E-state index contributed by atoms with van der Waals surface area (Å²) in [7, 11) is -5.66. The van der Waals surface area contributed by atoms with Crippen molar-refractivity contribution < 1.29 is 141 Å². The number of amides is 5. The zero-order valence-electron chi connectivity index (χ0n) is 56.8. The van der Waals surface area contributed by atoms with E-state index in [-0.39, 0.29) is 53.0 Å². The normalized spacial score (nSPS) is 26.9. The summed E-state index contributed by atoms with van der Waals surface area (Å²) >= 11 is 0. The van der Waals surface area contributed by atoms with E-state index < -0.39 is 180 Å². The van der Waals surface area contributed by atoms with Crippen LogP contribution in [0.25, 0.3) is 0 Å². The molecule has 0 aliphatic carbocycles. The van der Waals surface area contributed by atoms with E-state index in [2.05, 4.69) is 33.2 Å². The van der Waals surface area contributed by atoms with Crippen LogP contribution in [0.3, 0.4) is 0 Å². The van der Waals surface area contributed by atoms with E-state index in [1.807, 2.05) is 0 Å². The Hall–Kier alpha value is -8.08. The minimum absolute atomic E-state index is 0.0207. The third-order valence-corrected chi connectivity index (χ3v) is 19.1. The molecule has 3 saturated heterocycles. The van der Waals surface area contributed by atoms with Gasteiger partial charge in [-0.2, -0.15) is 0 Å². The number of carboxylic acids is 1. The Bertz CT molecular complexity index is 3650. The number of carboxylic acid groups (broad SMARTS) is 1. The number of esters is 1. The minimum atomic E-state index is -5.66. The number of unbranched alkanes of at least 4 members (excludes halogenated alkanes) is 13. The largest absolute Gasteiger partial charge is 0.508 e. The van der Waals surface area contributed by atoms with Crippen LogP contribution in [0, 0.1) is 0 Å². The standard InChI is InChI=1S/C66H89N8O29P/c1-3-4-5-6-7-8-9-10-11-12-13-14-15-16-23-93-46(60(87)88)32-94-104(91,92)103-64-57(55(101-65(68)90)53(84)56(99-64)58(67)85)100-63-49(70-33(2)77)52(83)54(45(31-76)97-63)98-62-48(51(82)50(81)44(30-75)96-62)71-47(80)29-74-28-35(72-73-74)27-69-59(86)34-17-20-39-38(24-34)61(89)102-66(39)40-21-18-36(78)25-42(40)95-43-26-37(79)19-22-41(43)66/h17-22,24-26,28,44-46,48-57,62-64,75-76,78-79,81-84H,3-16,23,27,29-32H2,1-2H3,(H2,67,85)(H2,68,90)(H,69,86)(H,70,77)(H,71,80)(H,87,88)(H,91,92)/t44-,45-,46+,48-,49-,50-,51-,52-,53+,54-,55+,56+,57-,62+,63+,64-/m1/s1. The molecular weight excluding hydrogens is 1400 g/mol. The van der Waals surface area contributed by atoms with Crippen molar-refractivity contribution in [3.63, 3.8) is 0 Å². The lowest BCUT2D eigenvalue weighted by Gasteiger charge is -2.49. The number of nitrogens with one attached hydrogen (secondary N) is 3. The van der Waals surface area contributed by atoms with Crippen LogP contribution in [0.4, 0.5) is 4.79 Å². The summed E-state index contributed by atoms with van der Waals surface area (Å²) in [5, 5.41) is 113. The highest BCUT2D eigenvalue weighted by Gasteiger charge is 2.58. The number of phosphoric ester groups is 1. The number of fused-ring (bicyclic) bond motifs is 6. The first-order valence-corrected chi connectivity index (χ1v) is 35.6. The lowest BCUT2D eigenvalue weighted by molar-refractivity contribution is -0.357. The van der Waals surface area contributed by atoms with Crippen LogP contribution in [0.5, 0.6) is 23.0 Å². The van der Waals surface area contributed by atoms with Crippen LogP contribution in [0.15, 0.2) is 60.8 Å². The van der Waals surface area contributed by atoms with Gasteiger partial charge in [0.2, 0.25) is 17.7 Å². The van der Waals surface area contributed by atoms with E-state index in [0.717, 1.165) is 43.7 Å². The minimum Gasteiger partial charge on any atom is -0.508 e. The van der Waals surface area contributed by atoms with Crippen molar-refractivity contribution in [2.75, 3.05) is 26.4 Å². The average Bonchev–Trinajstić information content (AvgIpc) is 1.50. The number of ether oxygens (including phenoxy) is 9. The molecule has 572 valence electrons. The molecular formula is C66H89N8O29P. The molecule has 38 heteroatoms. The lowest BCUT2D eigenvalue weighted by Crippen LogP contribution is -2.70. The highest BCUT2D eigenvalue weighted by molar-refractivity contribution is 7.47. The van der Waals surface area contributed by atoms with E-state index in [9.17, 15) is 89.0 Å². The number of aliphatic carboxylic acids is 1. The van der Waals surface area contributed by atoms with Crippen molar-refractivity contribution in [3.05, 3.63) is 94.3 Å². The Balaban J connectivity index is 0.831. The van der Waals surface area contributed by atoms with Crippen molar-refractivity contribution in [3.8, 4) is 23.0 Å². The van der Waals surface area contributed by atoms with Gasteiger partial charge in [0.05, 0.1) is 38.1 Å². The Labute approximate surface area is 594 Å². The average molecular weight is 1490 g/mol.